The van der Waals surface area contributed by atoms with Crippen molar-refractivity contribution in [2.75, 3.05) is 11.0 Å². The monoisotopic (exact) mass is 376 g/mol. The van der Waals surface area contributed by atoms with Crippen molar-refractivity contribution in [3.05, 3.63) is 57.9 Å². The van der Waals surface area contributed by atoms with Crippen molar-refractivity contribution in [1.82, 2.24) is 19.1 Å². The summed E-state index contributed by atoms with van der Waals surface area (Å²) in [4.78, 5) is 13.1. The lowest BCUT2D eigenvalue weighted by Gasteiger charge is -2.16. The molecule has 9 nitrogen and oxygen atoms in total. The topological polar surface area (TPSA) is 117 Å². The molecule has 25 heavy (non-hydrogen) atoms. The van der Waals surface area contributed by atoms with Crippen molar-refractivity contribution in [1.29, 1.82) is 10.8 Å². The Balaban J connectivity index is 2.02. The van der Waals surface area contributed by atoms with E-state index in [1.54, 1.807) is 24.3 Å². The van der Waals surface area contributed by atoms with Crippen molar-refractivity contribution >= 4 is 34.8 Å². The van der Waals surface area contributed by atoms with Crippen LogP contribution < -0.4 is 21.9 Å². The Bertz CT molecular complexity index is 986. The molecule has 11 heteroatoms. The number of halogens is 2. The standard InChI is InChI=1S/C14H10Cl2N8O/c15-9-3-1-7(5-19-9)23-11(17)12(18)24(14-13(23)21-25-22-14)8-2-4-10(16)20-6-8/h1-6,17-18,21-22H. The molecule has 0 aromatic carbocycles. The number of fused-ring (bicyclic) bond motifs is 1. The lowest BCUT2D eigenvalue weighted by molar-refractivity contribution is 0.279. The molecule has 1 aliphatic heterocycles. The van der Waals surface area contributed by atoms with Crippen LogP contribution in [0.3, 0.4) is 0 Å². The van der Waals surface area contributed by atoms with Crippen LogP contribution in [0.1, 0.15) is 0 Å². The normalized spacial score (nSPS) is 12.4. The Morgan fingerprint density at radius 2 is 1.24 bits per heavy atom. The van der Waals surface area contributed by atoms with Crippen LogP contribution in [0, 0.1) is 10.8 Å². The van der Waals surface area contributed by atoms with Gasteiger partial charge in [0, 0.05) is 0 Å². The Kier molecular flexibility index (Phi) is 3.68. The minimum atomic E-state index is -0.0855. The Hall–Kier alpha value is -2.88. The van der Waals surface area contributed by atoms with Gasteiger partial charge in [-0.3, -0.25) is 20.0 Å². The van der Waals surface area contributed by atoms with Crippen molar-refractivity contribution in [2.24, 2.45) is 0 Å². The maximum atomic E-state index is 8.41. The minimum absolute atomic E-state index is 0.0855. The van der Waals surface area contributed by atoms with E-state index in [0.717, 1.165) is 0 Å². The van der Waals surface area contributed by atoms with E-state index in [1.165, 1.54) is 21.5 Å². The van der Waals surface area contributed by atoms with Crippen LogP contribution in [0.25, 0.3) is 11.4 Å². The summed E-state index contributed by atoms with van der Waals surface area (Å²) in [7, 11) is 0. The molecule has 0 fully saturated rings. The molecule has 4 heterocycles. The quantitative estimate of drug-likeness (QED) is 0.510. The van der Waals surface area contributed by atoms with Crippen LogP contribution in [0.15, 0.2) is 36.7 Å². The smallest absolute Gasteiger partial charge is 0.182 e. The summed E-state index contributed by atoms with van der Waals surface area (Å²) >= 11 is 11.7. The molecule has 0 atom stereocenters. The molecule has 4 rings (SSSR count). The first-order valence-corrected chi connectivity index (χ1v) is 7.75. The zero-order chi connectivity index (χ0) is 17.6. The van der Waals surface area contributed by atoms with Crippen LogP contribution in [0.2, 0.25) is 10.3 Å². The summed E-state index contributed by atoms with van der Waals surface area (Å²) in [5, 5.41) is 17.5. The number of nitrogens with one attached hydrogen (secondary N) is 4. The number of anilines is 2. The number of rotatable bonds is 2. The average Bonchev–Trinajstić information content (AvgIpc) is 3.07. The number of hydrogen-bond donors (Lipinski definition) is 4. The first kappa shape index (κ1) is 15.6. The van der Waals surface area contributed by atoms with E-state index in [4.69, 9.17) is 39.0 Å². The van der Waals surface area contributed by atoms with Gasteiger partial charge in [0.15, 0.2) is 22.6 Å². The second kappa shape index (κ2) is 5.88. The molecular formula is C14H10Cl2N8O. The van der Waals surface area contributed by atoms with Crippen molar-refractivity contribution in [3.8, 4) is 11.4 Å². The molecule has 0 saturated carbocycles. The maximum Gasteiger partial charge on any atom is 0.182 e. The maximum absolute atomic E-state index is 8.41. The summed E-state index contributed by atoms with van der Waals surface area (Å²) in [5.41, 5.74) is 6.32. The lowest BCUT2D eigenvalue weighted by Crippen LogP contribution is -2.41. The van der Waals surface area contributed by atoms with Gasteiger partial charge in [0.1, 0.15) is 10.3 Å². The number of aromatic nitrogens is 4. The molecule has 0 unspecified atom stereocenters. The van der Waals surface area contributed by atoms with E-state index in [1.807, 2.05) is 0 Å². The number of hydrogen-bond acceptors (Lipinski definition) is 7. The highest BCUT2D eigenvalue weighted by molar-refractivity contribution is 6.29. The molecule has 0 saturated heterocycles. The largest absolute Gasteiger partial charge is 0.281 e. The van der Waals surface area contributed by atoms with Crippen molar-refractivity contribution in [2.45, 2.75) is 0 Å². The van der Waals surface area contributed by atoms with Crippen molar-refractivity contribution < 1.29 is 4.94 Å². The third-order valence-electron chi connectivity index (χ3n) is 3.58. The molecule has 126 valence electrons. The fourth-order valence-corrected chi connectivity index (χ4v) is 2.70. The first-order valence-electron chi connectivity index (χ1n) is 6.99. The molecule has 0 amide bonds. The third kappa shape index (κ3) is 2.54. The predicted octanol–water partition coefficient (Wildman–Crippen LogP) is 2.01. The predicted molar refractivity (Wildman–Crippen MR) is 90.7 cm³/mol. The van der Waals surface area contributed by atoms with Gasteiger partial charge < -0.3 is 0 Å². The van der Waals surface area contributed by atoms with Gasteiger partial charge in [0.2, 0.25) is 0 Å². The van der Waals surface area contributed by atoms with E-state index in [-0.39, 0.29) is 11.0 Å². The van der Waals surface area contributed by atoms with Gasteiger partial charge in [-0.2, -0.15) is 4.94 Å². The second-order valence-corrected chi connectivity index (χ2v) is 5.82. The summed E-state index contributed by atoms with van der Waals surface area (Å²) in [5.74, 6) is 0.861. The van der Waals surface area contributed by atoms with Gasteiger partial charge in [-0.15, -0.1) is 0 Å². The van der Waals surface area contributed by atoms with Gasteiger partial charge >= 0.3 is 0 Å². The highest BCUT2D eigenvalue weighted by atomic mass is 35.5. The van der Waals surface area contributed by atoms with Crippen LogP contribution in [-0.2, 0) is 4.94 Å². The van der Waals surface area contributed by atoms with E-state index < -0.39 is 0 Å². The number of pyridine rings is 2. The molecule has 0 bridgehead atoms. The third-order valence-corrected chi connectivity index (χ3v) is 4.03. The zero-order valence-electron chi connectivity index (χ0n) is 12.4. The first-order chi connectivity index (χ1) is 12.1. The molecule has 0 spiro atoms. The Morgan fingerprint density at radius 3 is 1.60 bits per heavy atom. The van der Waals surface area contributed by atoms with Gasteiger partial charge in [-0.1, -0.05) is 23.2 Å². The van der Waals surface area contributed by atoms with Gasteiger partial charge in [0.05, 0.1) is 23.8 Å². The fraction of sp³-hybridized carbons (Fsp3) is 0. The second-order valence-electron chi connectivity index (χ2n) is 5.05. The lowest BCUT2D eigenvalue weighted by atomic mass is 10.3. The summed E-state index contributed by atoms with van der Waals surface area (Å²) in [6, 6.07) is 6.60. The van der Waals surface area contributed by atoms with E-state index in [9.17, 15) is 0 Å². The van der Waals surface area contributed by atoms with Gasteiger partial charge in [-0.05, 0) is 24.3 Å². The molecule has 3 aromatic rings. The van der Waals surface area contributed by atoms with Crippen molar-refractivity contribution in [3.63, 3.8) is 0 Å². The summed E-state index contributed by atoms with van der Waals surface area (Å²) in [6.45, 7) is 0. The molecule has 3 aromatic heterocycles. The Labute approximate surface area is 150 Å². The van der Waals surface area contributed by atoms with Crippen LogP contribution in [0.4, 0.5) is 11.6 Å². The van der Waals surface area contributed by atoms with E-state index in [0.29, 0.717) is 33.3 Å². The number of nitrogens with zero attached hydrogens (tertiary/aromatic N) is 4. The van der Waals surface area contributed by atoms with Gasteiger partial charge in [0.25, 0.3) is 0 Å². The SMILES string of the molecule is N=c1c(=N)n(-c2ccc(Cl)nc2)c2c(n1-c1ccc(Cl)nc1)NON2. The molecule has 1 aliphatic rings. The summed E-state index contributed by atoms with van der Waals surface area (Å²) in [6.07, 6.45) is 3.02. The molecule has 4 N–H and O–H groups in total. The van der Waals surface area contributed by atoms with Crippen LogP contribution in [-0.4, -0.2) is 19.1 Å². The molecule has 0 aliphatic carbocycles. The average molecular weight is 377 g/mol. The molecule has 0 radical (unpaired) electrons. The molecular weight excluding hydrogens is 367 g/mol. The van der Waals surface area contributed by atoms with Crippen LogP contribution in [0.5, 0.6) is 0 Å². The van der Waals surface area contributed by atoms with Crippen LogP contribution >= 0.6 is 23.2 Å². The summed E-state index contributed by atoms with van der Waals surface area (Å²) < 4.78 is 2.97. The highest BCUT2D eigenvalue weighted by Gasteiger charge is 2.23. The Morgan fingerprint density at radius 1 is 0.800 bits per heavy atom. The van der Waals surface area contributed by atoms with E-state index in [2.05, 4.69) is 20.9 Å². The fourth-order valence-electron chi connectivity index (χ4n) is 2.47. The van der Waals surface area contributed by atoms with Gasteiger partial charge in [-0.25, -0.2) is 20.9 Å². The highest BCUT2D eigenvalue weighted by Crippen LogP contribution is 2.28. The zero-order valence-corrected chi connectivity index (χ0v) is 13.9. The minimum Gasteiger partial charge on any atom is -0.281 e. The van der Waals surface area contributed by atoms with E-state index >= 15 is 0 Å².